The topological polar surface area (TPSA) is 84.0 Å². The number of nitrogens with zero attached hydrogens (tertiary/aromatic N) is 2. The summed E-state index contributed by atoms with van der Waals surface area (Å²) in [7, 11) is 0. The van der Waals surface area contributed by atoms with Crippen LogP contribution in [-0.2, 0) is 11.3 Å². The number of carbonyl (C=O) groups is 2. The Bertz CT molecular complexity index is 847. The number of aromatic nitrogens is 2. The van der Waals surface area contributed by atoms with E-state index < -0.39 is 6.03 Å². The van der Waals surface area contributed by atoms with Gasteiger partial charge in [0.15, 0.2) is 0 Å². The van der Waals surface area contributed by atoms with E-state index in [1.54, 1.807) is 17.5 Å². The maximum absolute atomic E-state index is 11.9. The second-order valence-electron chi connectivity index (χ2n) is 4.84. The van der Waals surface area contributed by atoms with Crippen molar-refractivity contribution in [3.05, 3.63) is 52.9 Å². The molecular formula is C16H14N4O2S2. The van der Waals surface area contributed by atoms with E-state index >= 15 is 0 Å². The highest BCUT2D eigenvalue weighted by molar-refractivity contribution is 8.00. The van der Waals surface area contributed by atoms with Gasteiger partial charge in [0.25, 0.3) is 0 Å². The molecular weight excluding hydrogens is 344 g/mol. The molecule has 0 spiro atoms. The molecule has 0 saturated heterocycles. The summed E-state index contributed by atoms with van der Waals surface area (Å²) in [6, 6.07) is 11.0. The smallest absolute Gasteiger partial charge is 0.321 e. The molecule has 0 radical (unpaired) electrons. The van der Waals surface area contributed by atoms with Crippen molar-refractivity contribution in [1.29, 1.82) is 0 Å². The molecule has 0 aliphatic carbocycles. The van der Waals surface area contributed by atoms with E-state index in [4.69, 9.17) is 0 Å². The zero-order valence-corrected chi connectivity index (χ0v) is 14.2. The van der Waals surface area contributed by atoms with Crippen LogP contribution >= 0.6 is 23.1 Å². The minimum atomic E-state index is -0.502. The van der Waals surface area contributed by atoms with Crippen LogP contribution in [0.5, 0.6) is 0 Å². The van der Waals surface area contributed by atoms with Crippen molar-refractivity contribution >= 4 is 45.8 Å². The maximum Gasteiger partial charge on any atom is 0.321 e. The molecule has 0 fully saturated rings. The molecule has 0 aliphatic heterocycles. The summed E-state index contributed by atoms with van der Waals surface area (Å²) in [4.78, 5) is 24.6. The van der Waals surface area contributed by atoms with Crippen LogP contribution in [0.25, 0.3) is 10.8 Å². The lowest BCUT2D eigenvalue weighted by Gasteiger charge is -2.06. The summed E-state index contributed by atoms with van der Waals surface area (Å²) < 4.78 is 0. The normalized spacial score (nSPS) is 10.5. The Balaban J connectivity index is 1.50. The second-order valence-corrected chi connectivity index (χ2v) is 6.83. The van der Waals surface area contributed by atoms with Gasteiger partial charge in [-0.25, -0.2) is 4.79 Å². The number of thioether (sulfide) groups is 1. The Kier molecular flexibility index (Phi) is 5.39. The average molecular weight is 358 g/mol. The maximum atomic E-state index is 11.9. The summed E-state index contributed by atoms with van der Waals surface area (Å²) in [5.41, 5.74) is 0. The summed E-state index contributed by atoms with van der Waals surface area (Å²) in [5, 5.41) is 17.4. The minimum absolute atomic E-state index is 0.0924. The van der Waals surface area contributed by atoms with Gasteiger partial charge in [-0.3, -0.25) is 10.1 Å². The molecule has 8 heteroatoms. The standard InChI is InChI=1S/C16H14N4O2S2/c21-14(19-16(22)17-9-12-5-3-7-23-12)10-24-15-13-6-2-1-4-11(13)8-18-20-15/h1-8H,9-10H2,(H2,17,19,21,22). The monoisotopic (exact) mass is 358 g/mol. The number of urea groups is 1. The molecule has 2 heterocycles. The molecule has 0 aliphatic rings. The van der Waals surface area contributed by atoms with E-state index in [-0.39, 0.29) is 11.7 Å². The Morgan fingerprint density at radius 3 is 2.88 bits per heavy atom. The van der Waals surface area contributed by atoms with Crippen molar-refractivity contribution in [2.24, 2.45) is 0 Å². The molecule has 2 N–H and O–H groups in total. The molecule has 6 nitrogen and oxygen atoms in total. The van der Waals surface area contributed by atoms with Crippen molar-refractivity contribution < 1.29 is 9.59 Å². The Hall–Kier alpha value is -2.45. The van der Waals surface area contributed by atoms with E-state index in [1.807, 2.05) is 41.8 Å². The van der Waals surface area contributed by atoms with Gasteiger partial charge in [-0.1, -0.05) is 42.1 Å². The van der Waals surface area contributed by atoms with Gasteiger partial charge in [-0.15, -0.1) is 16.4 Å². The Morgan fingerprint density at radius 2 is 2.04 bits per heavy atom. The number of carbonyl (C=O) groups excluding carboxylic acids is 2. The predicted molar refractivity (Wildman–Crippen MR) is 95.0 cm³/mol. The minimum Gasteiger partial charge on any atom is -0.333 e. The molecule has 1 aromatic carbocycles. The van der Waals surface area contributed by atoms with Crippen molar-refractivity contribution in [3.8, 4) is 0 Å². The summed E-state index contributed by atoms with van der Waals surface area (Å²) in [5.74, 6) is -0.284. The predicted octanol–water partition coefficient (Wildman–Crippen LogP) is 2.81. The molecule has 0 atom stereocenters. The first-order valence-electron chi connectivity index (χ1n) is 7.15. The van der Waals surface area contributed by atoms with Gasteiger partial charge >= 0.3 is 6.03 Å². The average Bonchev–Trinajstić information content (AvgIpc) is 3.11. The number of imide groups is 1. The lowest BCUT2D eigenvalue weighted by Crippen LogP contribution is -2.39. The van der Waals surface area contributed by atoms with Crippen LogP contribution in [0.1, 0.15) is 4.88 Å². The SMILES string of the molecule is O=C(CSc1nncc2ccccc12)NC(=O)NCc1cccs1. The number of amides is 3. The molecule has 24 heavy (non-hydrogen) atoms. The van der Waals surface area contributed by atoms with Crippen LogP contribution < -0.4 is 10.6 Å². The van der Waals surface area contributed by atoms with Crippen LogP contribution in [0.3, 0.4) is 0 Å². The fourth-order valence-corrected chi connectivity index (χ4v) is 3.46. The molecule has 0 unspecified atom stereocenters. The summed E-state index contributed by atoms with van der Waals surface area (Å²) in [6.45, 7) is 0.402. The lowest BCUT2D eigenvalue weighted by molar-refractivity contribution is -0.117. The first kappa shape index (κ1) is 16.4. The van der Waals surface area contributed by atoms with E-state index in [0.717, 1.165) is 15.6 Å². The van der Waals surface area contributed by atoms with Gasteiger partial charge in [0, 0.05) is 15.6 Å². The quantitative estimate of drug-likeness (QED) is 0.685. The van der Waals surface area contributed by atoms with Gasteiger partial charge in [0.1, 0.15) is 5.03 Å². The fourth-order valence-electron chi connectivity index (χ4n) is 2.03. The van der Waals surface area contributed by atoms with Gasteiger partial charge < -0.3 is 5.32 Å². The first-order valence-corrected chi connectivity index (χ1v) is 9.02. The van der Waals surface area contributed by atoms with Gasteiger partial charge in [-0.2, -0.15) is 5.10 Å². The number of fused-ring (bicyclic) bond motifs is 1. The highest BCUT2D eigenvalue weighted by Gasteiger charge is 2.10. The van der Waals surface area contributed by atoms with Crippen LogP contribution in [-0.4, -0.2) is 27.9 Å². The first-order chi connectivity index (χ1) is 11.7. The number of hydrogen-bond donors (Lipinski definition) is 2. The molecule has 3 aromatic rings. The van der Waals surface area contributed by atoms with E-state index in [9.17, 15) is 9.59 Å². The van der Waals surface area contributed by atoms with Crippen LogP contribution in [0.4, 0.5) is 4.79 Å². The lowest BCUT2D eigenvalue weighted by atomic mass is 10.2. The zero-order chi connectivity index (χ0) is 16.8. The Morgan fingerprint density at radius 1 is 1.17 bits per heavy atom. The molecule has 122 valence electrons. The largest absolute Gasteiger partial charge is 0.333 e. The van der Waals surface area contributed by atoms with Crippen LogP contribution in [0.15, 0.2) is 53.0 Å². The molecule has 0 bridgehead atoms. The second kappa shape index (κ2) is 7.89. The molecule has 3 rings (SSSR count). The molecule has 3 amide bonds. The zero-order valence-electron chi connectivity index (χ0n) is 12.6. The van der Waals surface area contributed by atoms with Gasteiger partial charge in [0.2, 0.25) is 5.91 Å². The van der Waals surface area contributed by atoms with Gasteiger partial charge in [-0.05, 0) is 11.4 Å². The summed E-state index contributed by atoms with van der Waals surface area (Å²) in [6.07, 6.45) is 1.68. The molecule has 2 aromatic heterocycles. The molecule has 0 saturated carbocycles. The van der Waals surface area contributed by atoms with Crippen molar-refractivity contribution in [1.82, 2.24) is 20.8 Å². The van der Waals surface area contributed by atoms with Crippen molar-refractivity contribution in [2.45, 2.75) is 11.6 Å². The third-order valence-electron chi connectivity index (χ3n) is 3.13. The van der Waals surface area contributed by atoms with Gasteiger partial charge in [0.05, 0.1) is 18.5 Å². The number of rotatable bonds is 5. The van der Waals surface area contributed by atoms with E-state index in [2.05, 4.69) is 20.8 Å². The highest BCUT2D eigenvalue weighted by atomic mass is 32.2. The fraction of sp³-hybridized carbons (Fsp3) is 0.125. The third-order valence-corrected chi connectivity index (χ3v) is 4.99. The number of nitrogens with one attached hydrogen (secondary N) is 2. The number of benzene rings is 1. The van der Waals surface area contributed by atoms with Crippen molar-refractivity contribution in [3.63, 3.8) is 0 Å². The van der Waals surface area contributed by atoms with E-state index in [0.29, 0.717) is 11.6 Å². The number of hydrogen-bond acceptors (Lipinski definition) is 6. The van der Waals surface area contributed by atoms with Crippen LogP contribution in [0, 0.1) is 0 Å². The summed E-state index contributed by atoms with van der Waals surface area (Å²) >= 11 is 2.80. The third kappa shape index (κ3) is 4.30. The van der Waals surface area contributed by atoms with E-state index in [1.165, 1.54) is 11.8 Å². The highest BCUT2D eigenvalue weighted by Crippen LogP contribution is 2.24. The van der Waals surface area contributed by atoms with Crippen molar-refractivity contribution in [2.75, 3.05) is 5.75 Å². The van der Waals surface area contributed by atoms with Crippen LogP contribution in [0.2, 0.25) is 0 Å². The number of thiophene rings is 1. The Labute approximate surface area is 146 Å².